The smallest absolute Gasteiger partial charge is 0.335 e. The second-order valence-corrected chi connectivity index (χ2v) is 4.99. The molecular weight excluding hydrogens is 258 g/mol. The lowest BCUT2D eigenvalue weighted by Gasteiger charge is -2.20. The summed E-state index contributed by atoms with van der Waals surface area (Å²) in [6.07, 6.45) is 0. The first-order chi connectivity index (χ1) is 9.31. The number of carbonyl (C=O) groups is 2. The van der Waals surface area contributed by atoms with Crippen molar-refractivity contribution in [3.8, 4) is 0 Å². The molecule has 0 spiro atoms. The fraction of sp³-hybridized carbons (Fsp3) is 0.429. The molecule has 0 aliphatic heterocycles. The van der Waals surface area contributed by atoms with Gasteiger partial charge in [-0.25, -0.2) is 9.59 Å². The largest absolute Gasteiger partial charge is 0.478 e. The van der Waals surface area contributed by atoms with E-state index in [2.05, 4.69) is 5.32 Å². The number of carbonyl (C=O) groups excluding carboxylic acids is 1. The van der Waals surface area contributed by atoms with E-state index < -0.39 is 5.97 Å². The zero-order chi connectivity index (χ0) is 15.3. The number of carboxylic acid groups (broad SMARTS) is 1. The van der Waals surface area contributed by atoms with E-state index in [1.165, 1.54) is 12.1 Å². The number of urea groups is 1. The van der Waals surface area contributed by atoms with Crippen LogP contribution in [-0.4, -0.2) is 61.1 Å². The molecular formula is C14H21N3O3. The summed E-state index contributed by atoms with van der Waals surface area (Å²) in [5, 5.41) is 11.7. The van der Waals surface area contributed by atoms with Crippen LogP contribution in [0.15, 0.2) is 18.2 Å². The summed E-state index contributed by atoms with van der Waals surface area (Å²) in [6.45, 7) is 3.18. The molecule has 0 saturated carbocycles. The Morgan fingerprint density at radius 3 is 2.40 bits per heavy atom. The van der Waals surface area contributed by atoms with Gasteiger partial charge in [0.2, 0.25) is 0 Å². The second kappa shape index (κ2) is 6.91. The summed E-state index contributed by atoms with van der Waals surface area (Å²) < 4.78 is 0. The number of carboxylic acids is 1. The predicted molar refractivity (Wildman–Crippen MR) is 78.3 cm³/mol. The number of nitrogens with zero attached hydrogens (tertiary/aromatic N) is 2. The van der Waals surface area contributed by atoms with Crippen molar-refractivity contribution in [1.82, 2.24) is 9.80 Å². The average Bonchev–Trinajstić information content (AvgIpc) is 2.37. The first-order valence-electron chi connectivity index (χ1n) is 6.32. The van der Waals surface area contributed by atoms with Gasteiger partial charge in [-0.2, -0.15) is 0 Å². The Labute approximate surface area is 119 Å². The van der Waals surface area contributed by atoms with Gasteiger partial charge in [0.05, 0.1) is 5.56 Å². The number of hydrogen-bond acceptors (Lipinski definition) is 3. The van der Waals surface area contributed by atoms with Crippen LogP contribution in [0.2, 0.25) is 0 Å². The Morgan fingerprint density at radius 2 is 1.85 bits per heavy atom. The van der Waals surface area contributed by atoms with Crippen LogP contribution < -0.4 is 5.32 Å². The van der Waals surface area contributed by atoms with Crippen molar-refractivity contribution in [3.63, 3.8) is 0 Å². The number of rotatable bonds is 5. The summed E-state index contributed by atoms with van der Waals surface area (Å²) in [4.78, 5) is 26.5. The third kappa shape index (κ3) is 4.55. The van der Waals surface area contributed by atoms with E-state index in [0.29, 0.717) is 12.2 Å². The molecule has 1 aromatic rings. The van der Waals surface area contributed by atoms with Crippen LogP contribution >= 0.6 is 0 Å². The van der Waals surface area contributed by atoms with Gasteiger partial charge in [-0.15, -0.1) is 0 Å². The SMILES string of the molecule is Cc1ccc(C(=O)O)cc1NC(=O)N(C)CCN(C)C. The highest BCUT2D eigenvalue weighted by atomic mass is 16.4. The molecule has 0 radical (unpaired) electrons. The van der Waals surface area contributed by atoms with Gasteiger partial charge in [-0.1, -0.05) is 6.07 Å². The maximum atomic E-state index is 12.0. The molecule has 110 valence electrons. The van der Waals surface area contributed by atoms with Crippen LogP contribution in [0, 0.1) is 6.92 Å². The van der Waals surface area contributed by atoms with Crippen LogP contribution in [0.3, 0.4) is 0 Å². The Hall–Kier alpha value is -2.08. The molecule has 0 fully saturated rings. The maximum absolute atomic E-state index is 12.0. The molecule has 1 aromatic carbocycles. The summed E-state index contributed by atoms with van der Waals surface area (Å²) >= 11 is 0. The number of aryl methyl sites for hydroxylation is 1. The highest BCUT2D eigenvalue weighted by Gasteiger charge is 2.12. The zero-order valence-electron chi connectivity index (χ0n) is 12.3. The molecule has 0 aliphatic rings. The number of hydrogen-bond donors (Lipinski definition) is 2. The van der Waals surface area contributed by atoms with Crippen LogP contribution in [0.5, 0.6) is 0 Å². The first-order valence-corrected chi connectivity index (χ1v) is 6.32. The second-order valence-electron chi connectivity index (χ2n) is 4.99. The minimum Gasteiger partial charge on any atom is -0.478 e. The van der Waals surface area contributed by atoms with Gasteiger partial charge in [0.25, 0.3) is 0 Å². The van der Waals surface area contributed by atoms with Crippen LogP contribution in [0.1, 0.15) is 15.9 Å². The standard InChI is InChI=1S/C14H21N3O3/c1-10-5-6-11(13(18)19)9-12(10)15-14(20)17(4)8-7-16(2)3/h5-6,9H,7-8H2,1-4H3,(H,15,20)(H,18,19). The molecule has 0 unspecified atom stereocenters. The Morgan fingerprint density at radius 1 is 1.20 bits per heavy atom. The van der Waals surface area contributed by atoms with Crippen molar-refractivity contribution < 1.29 is 14.7 Å². The third-order valence-corrected chi connectivity index (χ3v) is 2.96. The highest BCUT2D eigenvalue weighted by molar-refractivity contribution is 5.93. The number of aromatic carboxylic acids is 1. The van der Waals surface area contributed by atoms with Crippen molar-refractivity contribution >= 4 is 17.7 Å². The van der Waals surface area contributed by atoms with E-state index in [-0.39, 0.29) is 11.6 Å². The summed E-state index contributed by atoms with van der Waals surface area (Å²) in [5.74, 6) is -1.01. The maximum Gasteiger partial charge on any atom is 0.335 e. The van der Waals surface area contributed by atoms with Gasteiger partial charge in [0, 0.05) is 25.8 Å². The van der Waals surface area contributed by atoms with Crippen LogP contribution in [0.4, 0.5) is 10.5 Å². The van der Waals surface area contributed by atoms with E-state index >= 15 is 0 Å². The molecule has 0 saturated heterocycles. The van der Waals surface area contributed by atoms with E-state index in [4.69, 9.17) is 5.11 Å². The Balaban J connectivity index is 2.74. The molecule has 0 aromatic heterocycles. The fourth-order valence-corrected chi connectivity index (χ4v) is 1.55. The Bertz CT molecular complexity index is 500. The number of likely N-dealkylation sites (N-methyl/N-ethyl adjacent to an activating group) is 2. The summed E-state index contributed by atoms with van der Waals surface area (Å²) in [5.41, 5.74) is 1.50. The van der Waals surface area contributed by atoms with Gasteiger partial charge in [-0.05, 0) is 38.7 Å². The highest BCUT2D eigenvalue weighted by Crippen LogP contribution is 2.17. The van der Waals surface area contributed by atoms with Crippen molar-refractivity contribution in [1.29, 1.82) is 0 Å². The molecule has 6 nitrogen and oxygen atoms in total. The molecule has 2 N–H and O–H groups in total. The van der Waals surface area contributed by atoms with Crippen LogP contribution in [0.25, 0.3) is 0 Å². The minimum absolute atomic E-state index is 0.154. The zero-order valence-corrected chi connectivity index (χ0v) is 12.3. The van der Waals surface area contributed by atoms with Crippen LogP contribution in [-0.2, 0) is 0 Å². The minimum atomic E-state index is -1.01. The number of benzene rings is 1. The number of anilines is 1. The fourth-order valence-electron chi connectivity index (χ4n) is 1.55. The van der Waals surface area contributed by atoms with E-state index in [9.17, 15) is 9.59 Å². The molecule has 6 heteroatoms. The lowest BCUT2D eigenvalue weighted by atomic mass is 10.1. The summed E-state index contributed by atoms with van der Waals surface area (Å²) in [6, 6.07) is 4.41. The quantitative estimate of drug-likeness (QED) is 0.860. The number of amides is 2. The topological polar surface area (TPSA) is 72.9 Å². The molecule has 20 heavy (non-hydrogen) atoms. The third-order valence-electron chi connectivity index (χ3n) is 2.96. The molecule has 2 amide bonds. The molecule has 0 heterocycles. The van der Waals surface area contributed by atoms with Gasteiger partial charge >= 0.3 is 12.0 Å². The van der Waals surface area contributed by atoms with Gasteiger partial charge < -0.3 is 20.2 Å². The molecule has 0 aliphatic carbocycles. The van der Waals surface area contributed by atoms with Crippen molar-refractivity contribution in [2.24, 2.45) is 0 Å². The van der Waals surface area contributed by atoms with Crippen molar-refractivity contribution in [2.45, 2.75) is 6.92 Å². The van der Waals surface area contributed by atoms with Gasteiger partial charge in [-0.3, -0.25) is 0 Å². The van der Waals surface area contributed by atoms with Crippen molar-refractivity contribution in [2.75, 3.05) is 39.5 Å². The lowest BCUT2D eigenvalue weighted by Crippen LogP contribution is -2.36. The number of nitrogens with one attached hydrogen (secondary N) is 1. The monoisotopic (exact) mass is 279 g/mol. The predicted octanol–water partition coefficient (Wildman–Crippen LogP) is 1.72. The van der Waals surface area contributed by atoms with E-state index in [1.54, 1.807) is 18.0 Å². The molecule has 0 atom stereocenters. The Kier molecular flexibility index (Phi) is 5.52. The van der Waals surface area contributed by atoms with Gasteiger partial charge in [0.15, 0.2) is 0 Å². The van der Waals surface area contributed by atoms with Gasteiger partial charge in [0.1, 0.15) is 0 Å². The van der Waals surface area contributed by atoms with E-state index in [1.807, 2.05) is 25.9 Å². The lowest BCUT2D eigenvalue weighted by molar-refractivity contribution is 0.0697. The first kappa shape index (κ1) is 16.0. The molecule has 1 rings (SSSR count). The summed E-state index contributed by atoms with van der Waals surface area (Å²) in [7, 11) is 5.58. The van der Waals surface area contributed by atoms with E-state index in [0.717, 1.165) is 12.1 Å². The normalized spacial score (nSPS) is 10.4. The van der Waals surface area contributed by atoms with Crippen molar-refractivity contribution in [3.05, 3.63) is 29.3 Å². The molecule has 0 bridgehead atoms. The average molecular weight is 279 g/mol.